The fourth-order valence-electron chi connectivity index (χ4n) is 2.84. The van der Waals surface area contributed by atoms with E-state index in [-0.39, 0.29) is 18.7 Å². The van der Waals surface area contributed by atoms with E-state index >= 15 is 0 Å². The highest BCUT2D eigenvalue weighted by atomic mass is 32.1. The van der Waals surface area contributed by atoms with Gasteiger partial charge in [-0.3, -0.25) is 19.2 Å². The molecule has 0 aromatic rings. The van der Waals surface area contributed by atoms with Gasteiger partial charge in [0.15, 0.2) is 0 Å². The van der Waals surface area contributed by atoms with Crippen molar-refractivity contribution in [1.82, 2.24) is 15.5 Å². The Bertz CT molecular complexity index is 660. The van der Waals surface area contributed by atoms with Crippen LogP contribution in [0.5, 0.6) is 0 Å². The number of carboxylic acid groups (broad SMARTS) is 1. The van der Waals surface area contributed by atoms with E-state index < -0.39 is 66.3 Å². The summed E-state index contributed by atoms with van der Waals surface area (Å²) in [5.74, 6) is -4.54. The van der Waals surface area contributed by atoms with Crippen LogP contribution in [0.2, 0.25) is 0 Å². The van der Waals surface area contributed by atoms with E-state index in [1.54, 1.807) is 0 Å². The number of rotatable bonds is 10. The predicted molar refractivity (Wildman–Crippen MR) is 104 cm³/mol. The molecule has 0 radical (unpaired) electrons. The Balaban J connectivity index is 2.95. The van der Waals surface area contributed by atoms with Gasteiger partial charge < -0.3 is 37.2 Å². The molecule has 5 unspecified atom stereocenters. The number of amides is 4. The van der Waals surface area contributed by atoms with Crippen LogP contribution >= 0.6 is 12.6 Å². The standard InChI is InChI=1S/C16H27N5O7S/c1-7(22)12(18)14(25)19-8(5-11(17)23)15(26)21-4-2-3-10(21)13(24)20-9(6-29)16(27)28/h7-10,12,22,29H,2-6,18H2,1H3,(H2,17,23)(H,19,25)(H,20,24)(H,27,28). The quantitative estimate of drug-likeness (QED) is 0.172. The minimum atomic E-state index is -1.38. The van der Waals surface area contributed by atoms with Gasteiger partial charge in [-0.2, -0.15) is 12.6 Å². The lowest BCUT2D eigenvalue weighted by Gasteiger charge is -2.29. The lowest BCUT2D eigenvalue weighted by atomic mass is 10.1. The van der Waals surface area contributed by atoms with Gasteiger partial charge in [0.05, 0.1) is 12.5 Å². The number of carboxylic acids is 1. The molecule has 0 bridgehead atoms. The zero-order valence-corrected chi connectivity index (χ0v) is 16.8. The van der Waals surface area contributed by atoms with Gasteiger partial charge in [0.1, 0.15) is 24.2 Å². The maximum atomic E-state index is 12.9. The number of nitrogens with two attached hydrogens (primary N) is 2. The van der Waals surface area contributed by atoms with Gasteiger partial charge in [0.25, 0.3) is 0 Å². The van der Waals surface area contributed by atoms with Crippen molar-refractivity contribution in [3.63, 3.8) is 0 Å². The Morgan fingerprint density at radius 3 is 2.31 bits per heavy atom. The molecule has 0 aromatic heterocycles. The third kappa shape index (κ3) is 6.87. The Morgan fingerprint density at radius 1 is 1.21 bits per heavy atom. The second kappa shape index (κ2) is 11.0. The Morgan fingerprint density at radius 2 is 1.83 bits per heavy atom. The summed E-state index contributed by atoms with van der Waals surface area (Å²) < 4.78 is 0. The number of primary amides is 1. The van der Waals surface area contributed by atoms with Gasteiger partial charge in [-0.25, -0.2) is 4.79 Å². The molecule has 1 fully saturated rings. The predicted octanol–water partition coefficient (Wildman–Crippen LogP) is -3.46. The highest BCUT2D eigenvalue weighted by molar-refractivity contribution is 7.80. The summed E-state index contributed by atoms with van der Waals surface area (Å²) in [4.78, 5) is 61.1. The summed E-state index contributed by atoms with van der Waals surface area (Å²) in [6, 6.07) is -4.91. The molecule has 13 heteroatoms. The molecule has 1 aliphatic rings. The van der Waals surface area contributed by atoms with Gasteiger partial charge in [-0.1, -0.05) is 0 Å². The van der Waals surface area contributed by atoms with Crippen molar-refractivity contribution < 1.29 is 34.2 Å². The summed E-state index contributed by atoms with van der Waals surface area (Å²) in [6.45, 7) is 1.46. The fourth-order valence-corrected chi connectivity index (χ4v) is 3.09. The van der Waals surface area contributed by atoms with Crippen molar-refractivity contribution in [2.45, 2.75) is 56.5 Å². The first-order valence-electron chi connectivity index (χ1n) is 8.96. The molecule has 8 N–H and O–H groups in total. The van der Waals surface area contributed by atoms with E-state index in [9.17, 15) is 29.1 Å². The van der Waals surface area contributed by atoms with Crippen LogP contribution in [0.4, 0.5) is 0 Å². The molecule has 164 valence electrons. The first kappa shape index (κ1) is 24.7. The molecule has 0 spiro atoms. The highest BCUT2D eigenvalue weighted by Gasteiger charge is 2.39. The molecule has 1 aliphatic heterocycles. The molecular weight excluding hydrogens is 406 g/mol. The van der Waals surface area contributed by atoms with E-state index in [1.807, 2.05) is 0 Å². The van der Waals surface area contributed by atoms with Gasteiger partial charge in [0, 0.05) is 12.3 Å². The second-order valence-corrected chi connectivity index (χ2v) is 7.13. The van der Waals surface area contributed by atoms with E-state index in [0.717, 1.165) is 4.90 Å². The smallest absolute Gasteiger partial charge is 0.327 e. The number of aliphatic carboxylic acids is 1. The molecule has 1 rings (SSSR count). The number of nitrogens with zero attached hydrogens (tertiary/aromatic N) is 1. The molecule has 4 amide bonds. The number of likely N-dealkylation sites (tertiary alicyclic amines) is 1. The van der Waals surface area contributed by atoms with Crippen molar-refractivity contribution >= 4 is 42.2 Å². The lowest BCUT2D eigenvalue weighted by Crippen LogP contribution is -2.58. The van der Waals surface area contributed by atoms with Crippen LogP contribution in [-0.2, 0) is 24.0 Å². The van der Waals surface area contributed by atoms with Gasteiger partial charge in [-0.05, 0) is 19.8 Å². The van der Waals surface area contributed by atoms with Crippen LogP contribution in [0.15, 0.2) is 0 Å². The van der Waals surface area contributed by atoms with Crippen molar-refractivity contribution in [1.29, 1.82) is 0 Å². The van der Waals surface area contributed by atoms with Crippen LogP contribution in [0.3, 0.4) is 0 Å². The summed E-state index contributed by atoms with van der Waals surface area (Å²) in [5.41, 5.74) is 10.7. The third-order valence-electron chi connectivity index (χ3n) is 4.48. The molecule has 29 heavy (non-hydrogen) atoms. The minimum absolute atomic E-state index is 0.140. The molecule has 0 aromatic carbocycles. The molecule has 1 saturated heterocycles. The fraction of sp³-hybridized carbons (Fsp3) is 0.688. The molecule has 12 nitrogen and oxygen atoms in total. The second-order valence-electron chi connectivity index (χ2n) is 6.77. The SMILES string of the molecule is CC(O)C(N)C(=O)NC(CC(N)=O)C(=O)N1CCCC1C(=O)NC(CS)C(=O)O. The summed E-state index contributed by atoms with van der Waals surface area (Å²) >= 11 is 3.87. The Labute approximate surface area is 172 Å². The number of aliphatic hydroxyl groups is 1. The number of aliphatic hydroxyl groups excluding tert-OH is 1. The number of thiol groups is 1. The van der Waals surface area contributed by atoms with Crippen LogP contribution in [0.25, 0.3) is 0 Å². The van der Waals surface area contributed by atoms with Crippen molar-refractivity contribution in [3.05, 3.63) is 0 Å². The molecule has 0 saturated carbocycles. The number of carbonyl (C=O) groups is 5. The summed E-state index contributed by atoms with van der Waals surface area (Å²) in [6.07, 6.45) is -0.983. The minimum Gasteiger partial charge on any atom is -0.480 e. The molecule has 1 heterocycles. The van der Waals surface area contributed by atoms with Crippen LogP contribution in [0.1, 0.15) is 26.2 Å². The topological polar surface area (TPSA) is 205 Å². The summed E-state index contributed by atoms with van der Waals surface area (Å²) in [5, 5.41) is 23.1. The third-order valence-corrected chi connectivity index (χ3v) is 4.84. The zero-order chi connectivity index (χ0) is 22.3. The molecule has 0 aliphatic carbocycles. The number of hydrogen-bond donors (Lipinski definition) is 7. The van der Waals surface area contributed by atoms with Crippen LogP contribution in [0, 0.1) is 0 Å². The maximum Gasteiger partial charge on any atom is 0.327 e. The zero-order valence-electron chi connectivity index (χ0n) is 15.9. The Hall–Kier alpha value is -2.38. The van der Waals surface area contributed by atoms with Crippen molar-refractivity contribution in [3.8, 4) is 0 Å². The number of nitrogens with one attached hydrogen (secondary N) is 2. The van der Waals surface area contributed by atoms with Gasteiger partial charge in [-0.15, -0.1) is 0 Å². The van der Waals surface area contributed by atoms with Crippen molar-refractivity contribution in [2.75, 3.05) is 12.3 Å². The summed E-state index contributed by atoms with van der Waals surface area (Å²) in [7, 11) is 0. The average Bonchev–Trinajstić information content (AvgIpc) is 3.13. The molecular formula is C16H27N5O7S. The van der Waals surface area contributed by atoms with Crippen LogP contribution < -0.4 is 22.1 Å². The van der Waals surface area contributed by atoms with Gasteiger partial charge in [0.2, 0.25) is 23.6 Å². The van der Waals surface area contributed by atoms with Crippen LogP contribution in [-0.4, -0.2) is 87.3 Å². The first-order valence-corrected chi connectivity index (χ1v) is 9.59. The number of hydrogen-bond acceptors (Lipinski definition) is 8. The normalized spacial score (nSPS) is 20.3. The van der Waals surface area contributed by atoms with Gasteiger partial charge >= 0.3 is 5.97 Å². The maximum absolute atomic E-state index is 12.9. The molecule has 5 atom stereocenters. The first-order chi connectivity index (χ1) is 13.5. The van der Waals surface area contributed by atoms with Crippen molar-refractivity contribution in [2.24, 2.45) is 11.5 Å². The van der Waals surface area contributed by atoms with E-state index in [4.69, 9.17) is 16.6 Å². The highest BCUT2D eigenvalue weighted by Crippen LogP contribution is 2.19. The Kier molecular flexibility index (Phi) is 9.33. The largest absolute Gasteiger partial charge is 0.480 e. The average molecular weight is 433 g/mol. The number of carbonyl (C=O) groups excluding carboxylic acids is 4. The monoisotopic (exact) mass is 433 g/mol. The van der Waals surface area contributed by atoms with E-state index in [1.165, 1.54) is 6.92 Å². The lowest BCUT2D eigenvalue weighted by molar-refractivity contribution is -0.145. The van der Waals surface area contributed by atoms with E-state index in [0.29, 0.717) is 6.42 Å². The van der Waals surface area contributed by atoms with E-state index in [2.05, 4.69) is 23.3 Å².